The zero-order valence-electron chi connectivity index (χ0n) is 15.8. The van der Waals surface area contributed by atoms with Crippen LogP contribution in [0.25, 0.3) is 0 Å². The van der Waals surface area contributed by atoms with E-state index in [0.29, 0.717) is 11.3 Å². The highest BCUT2D eigenvalue weighted by atomic mass is 16.6. The molecule has 0 radical (unpaired) electrons. The fourth-order valence-electron chi connectivity index (χ4n) is 3.23. The van der Waals surface area contributed by atoms with Crippen molar-refractivity contribution in [2.45, 2.75) is 38.3 Å². The molecule has 2 aromatic rings. The number of carbonyl (C=O) groups is 1. The third-order valence-electron chi connectivity index (χ3n) is 4.74. The molecule has 2 aromatic carbocycles. The lowest BCUT2D eigenvalue weighted by Gasteiger charge is -2.34. The van der Waals surface area contributed by atoms with Gasteiger partial charge in [0.15, 0.2) is 0 Å². The van der Waals surface area contributed by atoms with E-state index in [0.717, 1.165) is 5.56 Å². The minimum absolute atomic E-state index is 0.164. The topological polar surface area (TPSA) is 68.2 Å². The lowest BCUT2D eigenvalue weighted by Crippen LogP contribution is -2.50. The van der Waals surface area contributed by atoms with Gasteiger partial charge in [0.25, 0.3) is 0 Å². The first-order valence-electron chi connectivity index (χ1n) is 8.88. The highest BCUT2D eigenvalue weighted by molar-refractivity contribution is 5.69. The van der Waals surface area contributed by atoms with Crippen LogP contribution in [-0.4, -0.2) is 41.6 Å². The molecular formula is C21H25NO5. The first-order chi connectivity index (χ1) is 12.9. The monoisotopic (exact) mass is 371 g/mol. The van der Waals surface area contributed by atoms with E-state index in [2.05, 4.69) is 0 Å². The molecule has 144 valence electrons. The van der Waals surface area contributed by atoms with Crippen LogP contribution in [0.5, 0.6) is 5.75 Å². The summed E-state index contributed by atoms with van der Waals surface area (Å²) in [6.07, 6.45) is -1.42. The third-order valence-corrected chi connectivity index (χ3v) is 4.74. The molecule has 1 saturated heterocycles. The van der Waals surface area contributed by atoms with Gasteiger partial charge in [-0.25, -0.2) is 4.79 Å². The summed E-state index contributed by atoms with van der Waals surface area (Å²) in [5, 5.41) is 10.9. The van der Waals surface area contributed by atoms with Crippen molar-refractivity contribution in [1.29, 1.82) is 0 Å². The number of carbonyl (C=O) groups excluding carboxylic acids is 1. The van der Waals surface area contributed by atoms with Crippen LogP contribution >= 0.6 is 0 Å². The van der Waals surface area contributed by atoms with Crippen LogP contribution in [0.15, 0.2) is 54.6 Å². The Bertz CT molecular complexity index is 760. The Morgan fingerprint density at radius 2 is 1.89 bits per heavy atom. The number of benzene rings is 2. The van der Waals surface area contributed by atoms with Crippen molar-refractivity contribution in [3.63, 3.8) is 0 Å². The predicted molar refractivity (Wildman–Crippen MR) is 100 cm³/mol. The molecular weight excluding hydrogens is 346 g/mol. The highest BCUT2D eigenvalue weighted by Crippen LogP contribution is 2.35. The van der Waals surface area contributed by atoms with Crippen molar-refractivity contribution in [1.82, 2.24) is 4.90 Å². The molecule has 2 atom stereocenters. The van der Waals surface area contributed by atoms with Crippen molar-refractivity contribution in [2.24, 2.45) is 0 Å². The van der Waals surface area contributed by atoms with Crippen molar-refractivity contribution >= 4 is 6.09 Å². The first kappa shape index (κ1) is 19.2. The van der Waals surface area contributed by atoms with Crippen LogP contribution in [0.4, 0.5) is 4.79 Å². The lowest BCUT2D eigenvalue weighted by atomic mass is 10.0. The van der Waals surface area contributed by atoms with E-state index in [1.54, 1.807) is 45.2 Å². The number of aliphatic hydroxyl groups excluding tert-OH is 1. The van der Waals surface area contributed by atoms with Gasteiger partial charge in [0, 0.05) is 0 Å². The fourth-order valence-corrected chi connectivity index (χ4v) is 3.23. The molecule has 1 aliphatic rings. The van der Waals surface area contributed by atoms with Gasteiger partial charge in [-0.3, -0.25) is 4.90 Å². The zero-order chi connectivity index (χ0) is 19.4. The second-order valence-electron chi connectivity index (χ2n) is 6.95. The zero-order valence-corrected chi connectivity index (χ0v) is 15.8. The van der Waals surface area contributed by atoms with Crippen molar-refractivity contribution in [3.05, 3.63) is 65.7 Å². The summed E-state index contributed by atoms with van der Waals surface area (Å²) in [7, 11) is 1.59. The number of methoxy groups -OCH3 is 1. The van der Waals surface area contributed by atoms with E-state index < -0.39 is 24.0 Å². The van der Waals surface area contributed by atoms with Gasteiger partial charge in [0.2, 0.25) is 0 Å². The average molecular weight is 371 g/mol. The van der Waals surface area contributed by atoms with E-state index in [-0.39, 0.29) is 13.2 Å². The Balaban J connectivity index is 1.74. The summed E-state index contributed by atoms with van der Waals surface area (Å²) < 4.78 is 16.4. The van der Waals surface area contributed by atoms with Crippen molar-refractivity contribution < 1.29 is 24.1 Å². The number of nitrogens with zero attached hydrogens (tertiary/aromatic N) is 1. The number of rotatable bonds is 5. The van der Waals surface area contributed by atoms with Crippen molar-refractivity contribution in [2.75, 3.05) is 13.7 Å². The van der Waals surface area contributed by atoms with E-state index in [4.69, 9.17) is 14.2 Å². The molecule has 6 nitrogen and oxygen atoms in total. The minimum atomic E-state index is -0.901. The van der Waals surface area contributed by atoms with Crippen LogP contribution in [0.1, 0.15) is 31.1 Å². The highest BCUT2D eigenvalue weighted by Gasteiger charge is 2.48. The van der Waals surface area contributed by atoms with Gasteiger partial charge in [-0.2, -0.15) is 0 Å². The Morgan fingerprint density at radius 3 is 2.52 bits per heavy atom. The average Bonchev–Trinajstić information content (AvgIpc) is 3.01. The van der Waals surface area contributed by atoms with Gasteiger partial charge in [0.05, 0.1) is 19.8 Å². The smallest absolute Gasteiger partial charge is 0.412 e. The van der Waals surface area contributed by atoms with Gasteiger partial charge >= 0.3 is 6.09 Å². The van der Waals surface area contributed by atoms with E-state index in [9.17, 15) is 9.90 Å². The molecule has 1 fully saturated rings. The first-order valence-corrected chi connectivity index (χ1v) is 8.88. The SMILES string of the molecule is COc1ccc(C(O)[C@H]2COC(C)(C)N2C(=O)OCc2ccccc2)cc1. The number of ether oxygens (including phenoxy) is 3. The van der Waals surface area contributed by atoms with Gasteiger partial charge < -0.3 is 19.3 Å². The van der Waals surface area contributed by atoms with Gasteiger partial charge in [-0.15, -0.1) is 0 Å². The molecule has 1 amide bonds. The maximum atomic E-state index is 12.8. The standard InChI is InChI=1S/C21H25NO5/c1-21(2)22(20(24)26-13-15-7-5-4-6-8-15)18(14-27-21)19(23)16-9-11-17(25-3)12-10-16/h4-12,18-19,23H,13-14H2,1-3H3/t18-,19?/m1/s1. The van der Waals surface area contributed by atoms with Crippen molar-refractivity contribution in [3.8, 4) is 5.75 Å². The Hall–Kier alpha value is -2.57. The molecule has 1 heterocycles. The molecule has 1 N–H and O–H groups in total. The van der Waals surface area contributed by atoms with Gasteiger partial charge in [0.1, 0.15) is 24.2 Å². The molecule has 0 aromatic heterocycles. The molecule has 1 aliphatic heterocycles. The largest absolute Gasteiger partial charge is 0.497 e. The Labute approximate surface area is 159 Å². The van der Waals surface area contributed by atoms with E-state index >= 15 is 0 Å². The minimum Gasteiger partial charge on any atom is -0.497 e. The van der Waals surface area contributed by atoms with Crippen LogP contribution in [-0.2, 0) is 16.1 Å². The quantitative estimate of drug-likeness (QED) is 0.871. The molecule has 0 bridgehead atoms. The summed E-state index contributed by atoms with van der Waals surface area (Å²) in [4.78, 5) is 14.3. The van der Waals surface area contributed by atoms with Crippen LogP contribution < -0.4 is 4.74 Å². The molecule has 27 heavy (non-hydrogen) atoms. The number of hydrogen-bond donors (Lipinski definition) is 1. The maximum Gasteiger partial charge on any atom is 0.412 e. The van der Waals surface area contributed by atoms with Gasteiger partial charge in [-0.1, -0.05) is 42.5 Å². The molecule has 0 saturated carbocycles. The number of amides is 1. The fraction of sp³-hybridized carbons (Fsp3) is 0.381. The lowest BCUT2D eigenvalue weighted by molar-refractivity contribution is -0.0543. The van der Waals surface area contributed by atoms with Crippen LogP contribution in [0.3, 0.4) is 0 Å². The molecule has 0 aliphatic carbocycles. The maximum absolute atomic E-state index is 12.8. The second kappa shape index (κ2) is 7.98. The van der Waals surface area contributed by atoms with Gasteiger partial charge in [-0.05, 0) is 37.1 Å². The number of aliphatic hydroxyl groups is 1. The van der Waals surface area contributed by atoms with E-state index in [1.807, 2.05) is 30.3 Å². The summed E-state index contributed by atoms with van der Waals surface area (Å²) in [5.41, 5.74) is 0.713. The summed E-state index contributed by atoms with van der Waals surface area (Å²) >= 11 is 0. The Kier molecular flexibility index (Phi) is 5.68. The molecule has 1 unspecified atom stereocenters. The van der Waals surface area contributed by atoms with Crippen LogP contribution in [0.2, 0.25) is 0 Å². The summed E-state index contributed by atoms with van der Waals surface area (Å²) in [6.45, 7) is 3.97. The third kappa shape index (κ3) is 4.23. The van der Waals surface area contributed by atoms with Crippen LogP contribution in [0, 0.1) is 0 Å². The summed E-state index contributed by atoms with van der Waals surface area (Å²) in [5.74, 6) is 0.702. The molecule has 3 rings (SSSR count). The normalized spacial score (nSPS) is 19.6. The Morgan fingerprint density at radius 1 is 1.22 bits per heavy atom. The molecule has 0 spiro atoms. The summed E-state index contributed by atoms with van der Waals surface area (Å²) in [6, 6.07) is 16.0. The van der Waals surface area contributed by atoms with E-state index in [1.165, 1.54) is 4.90 Å². The number of hydrogen-bond acceptors (Lipinski definition) is 5. The second-order valence-corrected chi connectivity index (χ2v) is 6.95. The predicted octanol–water partition coefficient (Wildman–Crippen LogP) is 3.50. The molecule has 6 heteroatoms.